The van der Waals surface area contributed by atoms with Crippen molar-refractivity contribution in [2.75, 3.05) is 13.2 Å². The molecule has 0 aromatic carbocycles. The first-order chi connectivity index (χ1) is 10.7. The lowest BCUT2D eigenvalue weighted by Crippen LogP contribution is -2.35. The average molecular weight is 359 g/mol. The summed E-state index contributed by atoms with van der Waals surface area (Å²) in [7, 11) is 0. The van der Waals surface area contributed by atoms with Crippen LogP contribution in [-0.2, 0) is 15.9 Å². The largest absolute Gasteiger partial charge is 0.462 e. The number of hydrogen-bond acceptors (Lipinski definition) is 5. The van der Waals surface area contributed by atoms with Gasteiger partial charge in [0.15, 0.2) is 0 Å². The van der Waals surface area contributed by atoms with Crippen LogP contribution in [0.5, 0.6) is 0 Å². The van der Waals surface area contributed by atoms with E-state index < -0.39 is 11.7 Å². The standard InChI is InChI=1S/C16H24NO4S2/c1-5-20-14(18)13-9-8-12(23-13)7-6-11(22)10-17-15(19)21-16(2,3)4/h8-9,11H,5-7,10H2,1-4H3,(H,17,19). The zero-order chi connectivity index (χ0) is 17.5. The highest BCUT2D eigenvalue weighted by atomic mass is 32.1. The SMILES string of the molecule is CCOC(=O)c1ccc(CCC([S])CNC(=O)OC(C)(C)C)s1. The molecule has 0 fully saturated rings. The number of alkyl carbamates (subject to hydrolysis) is 1. The molecule has 0 aliphatic rings. The molecule has 1 atom stereocenters. The smallest absolute Gasteiger partial charge is 0.407 e. The number of ether oxygens (including phenoxy) is 2. The van der Waals surface area contributed by atoms with Gasteiger partial charge in [0.1, 0.15) is 10.5 Å². The van der Waals surface area contributed by atoms with Gasteiger partial charge in [-0.25, -0.2) is 9.59 Å². The van der Waals surface area contributed by atoms with Crippen molar-refractivity contribution in [3.63, 3.8) is 0 Å². The highest BCUT2D eigenvalue weighted by Gasteiger charge is 2.17. The summed E-state index contributed by atoms with van der Waals surface area (Å²) in [5, 5.41) is 2.59. The van der Waals surface area contributed by atoms with Crippen LogP contribution >= 0.6 is 24.0 Å². The molecule has 1 amide bonds. The third-order valence-electron chi connectivity index (χ3n) is 2.72. The molecule has 0 aliphatic heterocycles. The number of carbonyl (C=O) groups excluding carboxylic acids is 2. The van der Waals surface area contributed by atoms with Crippen LogP contribution in [0, 0.1) is 0 Å². The summed E-state index contributed by atoms with van der Waals surface area (Å²) in [4.78, 5) is 24.8. The third-order valence-corrected chi connectivity index (χ3v) is 4.25. The van der Waals surface area contributed by atoms with Gasteiger partial charge in [-0.05, 0) is 52.7 Å². The molecule has 0 saturated heterocycles. The second-order valence-electron chi connectivity index (χ2n) is 6.03. The van der Waals surface area contributed by atoms with Gasteiger partial charge in [-0.1, -0.05) is 12.6 Å². The molecule has 7 heteroatoms. The summed E-state index contributed by atoms with van der Waals surface area (Å²) in [6.07, 6.45) is 1.07. The Morgan fingerprint density at radius 1 is 1.35 bits per heavy atom. The number of aryl methyl sites for hydroxylation is 1. The van der Waals surface area contributed by atoms with Crippen LogP contribution < -0.4 is 5.32 Å². The minimum Gasteiger partial charge on any atom is -0.462 e. The van der Waals surface area contributed by atoms with Gasteiger partial charge >= 0.3 is 12.1 Å². The first-order valence-electron chi connectivity index (χ1n) is 7.59. The van der Waals surface area contributed by atoms with Crippen LogP contribution in [0.1, 0.15) is 48.7 Å². The van der Waals surface area contributed by atoms with Crippen molar-refractivity contribution in [1.29, 1.82) is 0 Å². The van der Waals surface area contributed by atoms with Crippen molar-refractivity contribution in [2.45, 2.75) is 51.4 Å². The van der Waals surface area contributed by atoms with Crippen LogP contribution in [-0.4, -0.2) is 36.1 Å². The van der Waals surface area contributed by atoms with Gasteiger partial charge in [0.05, 0.1) is 6.61 Å². The normalized spacial score (nSPS) is 12.6. The molecule has 1 radical (unpaired) electrons. The highest BCUT2D eigenvalue weighted by Crippen LogP contribution is 2.20. The number of thiophene rings is 1. The molecule has 1 unspecified atom stereocenters. The molecule has 0 spiro atoms. The molecule has 0 saturated carbocycles. The van der Waals surface area contributed by atoms with E-state index in [4.69, 9.17) is 22.1 Å². The molecule has 23 heavy (non-hydrogen) atoms. The van der Waals surface area contributed by atoms with Crippen molar-refractivity contribution in [3.8, 4) is 0 Å². The van der Waals surface area contributed by atoms with Gasteiger partial charge in [0, 0.05) is 16.7 Å². The number of esters is 1. The fourth-order valence-electron chi connectivity index (χ4n) is 1.74. The topological polar surface area (TPSA) is 64.6 Å². The number of amides is 1. The Balaban J connectivity index is 2.32. The number of nitrogens with one attached hydrogen (secondary N) is 1. The number of hydrogen-bond donors (Lipinski definition) is 1. The second kappa shape index (κ2) is 9.17. The predicted molar refractivity (Wildman–Crippen MR) is 94.2 cm³/mol. The Morgan fingerprint density at radius 3 is 2.65 bits per heavy atom. The average Bonchev–Trinajstić information content (AvgIpc) is 2.90. The number of carbonyl (C=O) groups is 2. The van der Waals surface area contributed by atoms with Crippen LogP contribution in [0.25, 0.3) is 0 Å². The Bertz CT molecular complexity index is 522. The first kappa shape index (κ1) is 19.8. The molecule has 0 bridgehead atoms. The van der Waals surface area contributed by atoms with Gasteiger partial charge in [0.25, 0.3) is 0 Å². The van der Waals surface area contributed by atoms with E-state index in [9.17, 15) is 9.59 Å². The van der Waals surface area contributed by atoms with Crippen molar-refractivity contribution < 1.29 is 19.1 Å². The first-order valence-corrected chi connectivity index (χ1v) is 8.88. The molecular weight excluding hydrogens is 334 g/mol. The molecule has 1 aromatic heterocycles. The minimum atomic E-state index is -0.512. The fraction of sp³-hybridized carbons (Fsp3) is 0.625. The zero-order valence-electron chi connectivity index (χ0n) is 14.0. The third kappa shape index (κ3) is 8.27. The van der Waals surface area contributed by atoms with Crippen LogP contribution in [0.4, 0.5) is 4.79 Å². The Kier molecular flexibility index (Phi) is 7.91. The summed E-state index contributed by atoms with van der Waals surface area (Å²) in [5.74, 6) is -0.287. The quantitative estimate of drug-likeness (QED) is 0.750. The van der Waals surface area contributed by atoms with Crippen LogP contribution in [0.3, 0.4) is 0 Å². The van der Waals surface area contributed by atoms with Crippen molar-refractivity contribution in [1.82, 2.24) is 5.32 Å². The Labute approximate surface area is 147 Å². The molecular formula is C16H24NO4S2. The van der Waals surface area contributed by atoms with Crippen molar-refractivity contribution >= 4 is 36.0 Å². The molecule has 1 N–H and O–H groups in total. The van der Waals surface area contributed by atoms with E-state index in [2.05, 4.69) is 5.32 Å². The highest BCUT2D eigenvalue weighted by molar-refractivity contribution is 7.81. The lowest BCUT2D eigenvalue weighted by Gasteiger charge is -2.20. The summed E-state index contributed by atoms with van der Waals surface area (Å²) < 4.78 is 10.1. The van der Waals surface area contributed by atoms with E-state index in [-0.39, 0.29) is 11.2 Å². The lowest BCUT2D eigenvalue weighted by molar-refractivity contribution is 0.0519. The van der Waals surface area contributed by atoms with Crippen molar-refractivity contribution in [3.05, 3.63) is 21.9 Å². The van der Waals surface area contributed by atoms with E-state index >= 15 is 0 Å². The Morgan fingerprint density at radius 2 is 2.04 bits per heavy atom. The predicted octanol–water partition coefficient (Wildman–Crippen LogP) is 3.95. The number of rotatable bonds is 7. The van der Waals surface area contributed by atoms with Gasteiger partial charge in [-0.15, -0.1) is 11.3 Å². The van der Waals surface area contributed by atoms with Gasteiger partial charge in [-0.2, -0.15) is 0 Å². The molecule has 0 aliphatic carbocycles. The van der Waals surface area contributed by atoms with E-state index in [0.717, 1.165) is 17.7 Å². The van der Waals surface area contributed by atoms with E-state index in [1.165, 1.54) is 11.3 Å². The summed E-state index contributed by atoms with van der Waals surface area (Å²) in [6.45, 7) is 7.99. The molecule has 1 heterocycles. The van der Waals surface area contributed by atoms with Crippen LogP contribution in [0.15, 0.2) is 12.1 Å². The maximum Gasteiger partial charge on any atom is 0.407 e. The van der Waals surface area contributed by atoms with Gasteiger partial charge in [0.2, 0.25) is 0 Å². The monoisotopic (exact) mass is 358 g/mol. The van der Waals surface area contributed by atoms with Crippen LogP contribution in [0.2, 0.25) is 0 Å². The molecule has 1 rings (SSSR count). The Hall–Kier alpha value is -1.21. The lowest BCUT2D eigenvalue weighted by atomic mass is 10.2. The van der Waals surface area contributed by atoms with Crippen molar-refractivity contribution in [2.24, 2.45) is 0 Å². The summed E-state index contributed by atoms with van der Waals surface area (Å²) in [6, 6.07) is 3.69. The molecule has 1 aromatic rings. The second-order valence-corrected chi connectivity index (χ2v) is 7.86. The maximum absolute atomic E-state index is 11.6. The van der Waals surface area contributed by atoms with E-state index in [1.54, 1.807) is 13.0 Å². The fourth-order valence-corrected chi connectivity index (χ4v) is 2.86. The molecule has 5 nitrogen and oxygen atoms in total. The summed E-state index contributed by atoms with van der Waals surface area (Å²) in [5.41, 5.74) is -0.512. The maximum atomic E-state index is 11.6. The minimum absolute atomic E-state index is 0.0874. The van der Waals surface area contributed by atoms with Gasteiger partial charge < -0.3 is 14.8 Å². The van der Waals surface area contributed by atoms with E-state index in [1.807, 2.05) is 26.8 Å². The van der Waals surface area contributed by atoms with E-state index in [0.29, 0.717) is 18.0 Å². The van der Waals surface area contributed by atoms with Gasteiger partial charge in [-0.3, -0.25) is 0 Å². The zero-order valence-corrected chi connectivity index (χ0v) is 15.6. The molecule has 129 valence electrons. The summed E-state index contributed by atoms with van der Waals surface area (Å²) >= 11 is 6.76.